The maximum atomic E-state index is 15.3. The lowest BCUT2D eigenvalue weighted by Crippen LogP contribution is -2.50. The third-order valence-electron chi connectivity index (χ3n) is 12.8. The number of rotatable bonds is 5. The molecule has 320 valence electrons. The summed E-state index contributed by atoms with van der Waals surface area (Å²) in [5.74, 6) is -2.52. The van der Waals surface area contributed by atoms with Crippen LogP contribution < -0.4 is 35.4 Å². The van der Waals surface area contributed by atoms with Crippen molar-refractivity contribution in [3.63, 3.8) is 0 Å². The molecule has 2 atom stereocenters. The molecule has 2 aromatic carbocycles. The van der Waals surface area contributed by atoms with Crippen LogP contribution in [0.5, 0.6) is 5.88 Å². The summed E-state index contributed by atoms with van der Waals surface area (Å²) in [6.07, 6.45) is 7.29. The number of hydrogen-bond acceptors (Lipinski definition) is 11. The number of hydrogen-bond donors (Lipinski definition) is 3. The van der Waals surface area contributed by atoms with Crippen LogP contribution in [-0.2, 0) is 16.6 Å². The minimum absolute atomic E-state index is 0.0582. The Labute approximate surface area is 353 Å². The first-order chi connectivity index (χ1) is 29.5. The number of fused-ring (bicyclic) bond motifs is 7. The molecule has 3 amide bonds. The van der Waals surface area contributed by atoms with Crippen molar-refractivity contribution in [2.75, 3.05) is 59.3 Å². The summed E-state index contributed by atoms with van der Waals surface area (Å²) in [6, 6.07) is 13.2. The van der Waals surface area contributed by atoms with E-state index in [9.17, 15) is 14.4 Å². The molecule has 0 saturated carbocycles. The maximum Gasteiger partial charge on any atom is 0.280 e. The second-order valence-corrected chi connectivity index (χ2v) is 17.2. The summed E-state index contributed by atoms with van der Waals surface area (Å²) < 4.78 is 38.4. The summed E-state index contributed by atoms with van der Waals surface area (Å²) >= 11 is 0. The SMILES string of the molecule is Cc1cc2cc(n1)-c1cnn(C)c1OCCC[C@@H](C)CN1/C(=N/C2=O)Nc2ccc(N3CCC(NC4CCN(c5cc(F)c([C@H]6CCC(=O)NC6=O)c(F)c5)CC4)CC3)cc21. The van der Waals surface area contributed by atoms with Crippen LogP contribution in [0.4, 0.5) is 31.5 Å². The average molecular weight is 835 g/mol. The van der Waals surface area contributed by atoms with Gasteiger partial charge in [-0.2, -0.15) is 10.1 Å². The first-order valence-corrected chi connectivity index (χ1v) is 21.5. The monoisotopic (exact) mass is 834 g/mol. The van der Waals surface area contributed by atoms with E-state index in [1.807, 2.05) is 18.9 Å². The number of amides is 3. The largest absolute Gasteiger partial charge is 0.477 e. The summed E-state index contributed by atoms with van der Waals surface area (Å²) in [6.45, 7) is 8.38. The van der Waals surface area contributed by atoms with Crippen molar-refractivity contribution in [1.29, 1.82) is 0 Å². The van der Waals surface area contributed by atoms with E-state index < -0.39 is 29.4 Å². The number of imide groups is 1. The number of nitrogens with zero attached hydrogens (tertiary/aromatic N) is 7. The van der Waals surface area contributed by atoms with E-state index in [0.717, 1.165) is 74.2 Å². The van der Waals surface area contributed by atoms with Crippen molar-refractivity contribution in [2.24, 2.45) is 18.0 Å². The molecule has 0 aliphatic carbocycles. The normalized spacial score (nSPS) is 22.5. The van der Waals surface area contributed by atoms with E-state index >= 15 is 8.78 Å². The van der Waals surface area contributed by atoms with Crippen molar-refractivity contribution in [1.82, 2.24) is 25.4 Å². The van der Waals surface area contributed by atoms with Crippen molar-refractivity contribution < 1.29 is 27.9 Å². The number of guanidine groups is 1. The van der Waals surface area contributed by atoms with Gasteiger partial charge in [0.2, 0.25) is 23.7 Å². The van der Waals surface area contributed by atoms with Gasteiger partial charge in [0.25, 0.3) is 5.91 Å². The lowest BCUT2D eigenvalue weighted by Gasteiger charge is -2.39. The highest BCUT2D eigenvalue weighted by molar-refractivity contribution is 6.19. The van der Waals surface area contributed by atoms with Gasteiger partial charge in [-0.1, -0.05) is 6.92 Å². The smallest absolute Gasteiger partial charge is 0.280 e. The molecule has 7 heterocycles. The fraction of sp³-hybridized carbons (Fsp3) is 0.467. The van der Waals surface area contributed by atoms with Gasteiger partial charge in [0.1, 0.15) is 11.6 Å². The van der Waals surface area contributed by atoms with Crippen LogP contribution >= 0.6 is 0 Å². The predicted octanol–water partition coefficient (Wildman–Crippen LogP) is 6.05. The zero-order valence-corrected chi connectivity index (χ0v) is 34.8. The number of piperidine rings is 3. The van der Waals surface area contributed by atoms with Crippen molar-refractivity contribution in [3.05, 3.63) is 77.1 Å². The number of halogens is 2. The second-order valence-electron chi connectivity index (χ2n) is 17.2. The molecule has 14 nitrogen and oxygen atoms in total. The van der Waals surface area contributed by atoms with E-state index in [1.165, 1.54) is 12.1 Å². The third-order valence-corrected chi connectivity index (χ3v) is 12.8. The van der Waals surface area contributed by atoms with Gasteiger partial charge in [-0.05, 0) is 100 Å². The molecule has 0 radical (unpaired) electrons. The number of aromatic nitrogens is 3. The van der Waals surface area contributed by atoms with Gasteiger partial charge in [-0.3, -0.25) is 24.7 Å². The Kier molecular flexibility index (Phi) is 11.2. The molecule has 0 spiro atoms. The molecule has 0 unspecified atom stereocenters. The van der Waals surface area contributed by atoms with Crippen LogP contribution in [0, 0.1) is 24.5 Å². The third kappa shape index (κ3) is 8.42. The number of nitrogens with one attached hydrogen (secondary N) is 3. The molecule has 61 heavy (non-hydrogen) atoms. The lowest BCUT2D eigenvalue weighted by atomic mass is 9.89. The summed E-state index contributed by atoms with van der Waals surface area (Å²) in [4.78, 5) is 53.6. The van der Waals surface area contributed by atoms with Crippen molar-refractivity contribution >= 4 is 46.4 Å². The van der Waals surface area contributed by atoms with E-state index in [1.54, 1.807) is 23.0 Å². The molecule has 16 heteroatoms. The highest BCUT2D eigenvalue weighted by atomic mass is 19.1. The van der Waals surface area contributed by atoms with Crippen LogP contribution in [-0.4, -0.2) is 89.9 Å². The summed E-state index contributed by atoms with van der Waals surface area (Å²) in [5.41, 5.74) is 5.74. The Balaban J connectivity index is 0.833. The molecule has 3 N–H and O–H groups in total. The first-order valence-electron chi connectivity index (χ1n) is 21.5. The molecule has 2 bridgehead atoms. The van der Waals surface area contributed by atoms with Gasteiger partial charge in [-0.15, -0.1) is 0 Å². The second kappa shape index (κ2) is 16.9. The van der Waals surface area contributed by atoms with Gasteiger partial charge in [0.05, 0.1) is 41.4 Å². The molecule has 3 saturated heterocycles. The molecule has 5 aliphatic rings. The van der Waals surface area contributed by atoms with Gasteiger partial charge >= 0.3 is 0 Å². The number of benzene rings is 2. The van der Waals surface area contributed by atoms with Gasteiger partial charge in [-0.25, -0.2) is 13.5 Å². The first kappa shape index (κ1) is 40.5. The standard InChI is InChI=1S/C45H52F2N10O4/c1-26-5-4-18-61-44-34(24-48-54(44)3)38-20-28(19-27(2)49-38)42(59)53-45-51-37-8-6-31(23-39(37)57(45)25-26)55-14-10-29(11-15-55)50-30-12-16-56(17-13-30)32-21-35(46)41(36(47)22-32)33-7-9-40(58)52-43(33)60/h6,8,19-24,26,29-30,33,50H,4-5,7,9-18,25H2,1-3H3,(H,51,53,59)(H,52,58,60)/t26-,33-/m1/s1. The van der Waals surface area contributed by atoms with Crippen molar-refractivity contribution in [2.45, 2.75) is 83.2 Å². The Hall–Kier alpha value is -5.90. The Bertz CT molecular complexity index is 2360. The topological polar surface area (TPSA) is 149 Å². The predicted molar refractivity (Wildman–Crippen MR) is 229 cm³/mol. The van der Waals surface area contributed by atoms with E-state index in [-0.39, 0.29) is 30.2 Å². The molecule has 2 aromatic heterocycles. The van der Waals surface area contributed by atoms with E-state index in [2.05, 4.69) is 61.0 Å². The van der Waals surface area contributed by atoms with Crippen LogP contribution in [0.25, 0.3) is 11.3 Å². The molecular formula is C45H52F2N10O4. The average Bonchev–Trinajstić information content (AvgIpc) is 3.77. The fourth-order valence-corrected chi connectivity index (χ4v) is 9.49. The molecule has 9 rings (SSSR count). The maximum absolute atomic E-state index is 15.3. The number of ether oxygens (including phenoxy) is 1. The quantitative estimate of drug-likeness (QED) is 0.202. The van der Waals surface area contributed by atoms with Crippen LogP contribution in [0.15, 0.2) is 53.7 Å². The Morgan fingerprint density at radius 1 is 0.852 bits per heavy atom. The highest BCUT2D eigenvalue weighted by Crippen LogP contribution is 2.39. The van der Waals surface area contributed by atoms with Crippen molar-refractivity contribution in [3.8, 4) is 17.1 Å². The number of aliphatic imine (C=N–C) groups is 1. The Morgan fingerprint density at radius 2 is 1.56 bits per heavy atom. The van der Waals surface area contributed by atoms with Gasteiger partial charge in [0, 0.05) is 86.5 Å². The van der Waals surface area contributed by atoms with E-state index in [4.69, 9.17) is 9.72 Å². The van der Waals surface area contributed by atoms with Crippen LogP contribution in [0.3, 0.4) is 0 Å². The van der Waals surface area contributed by atoms with Gasteiger partial charge in [0.15, 0.2) is 0 Å². The summed E-state index contributed by atoms with van der Waals surface area (Å²) in [5, 5.41) is 13.9. The molecule has 3 fully saturated rings. The minimum atomic E-state index is -1.01. The molecule has 5 aliphatic heterocycles. The Morgan fingerprint density at radius 3 is 2.26 bits per heavy atom. The number of aryl methyl sites for hydroxylation is 2. The van der Waals surface area contributed by atoms with Gasteiger partial charge < -0.3 is 30.1 Å². The zero-order chi connectivity index (χ0) is 42.4. The molecule has 4 aromatic rings. The number of pyridine rings is 1. The minimum Gasteiger partial charge on any atom is -0.477 e. The number of carbonyl (C=O) groups is 3. The molecular weight excluding hydrogens is 783 g/mol. The number of carbonyl (C=O) groups excluding carboxylic acids is 3. The summed E-state index contributed by atoms with van der Waals surface area (Å²) in [7, 11) is 1.84. The van der Waals surface area contributed by atoms with Crippen LogP contribution in [0.1, 0.15) is 85.8 Å². The highest BCUT2D eigenvalue weighted by Gasteiger charge is 2.34. The fourth-order valence-electron chi connectivity index (χ4n) is 9.49. The lowest BCUT2D eigenvalue weighted by molar-refractivity contribution is -0.134. The number of anilines is 4. The zero-order valence-electron chi connectivity index (χ0n) is 34.8. The van der Waals surface area contributed by atoms with E-state index in [0.29, 0.717) is 72.8 Å². The van der Waals surface area contributed by atoms with Crippen LogP contribution in [0.2, 0.25) is 0 Å².